The molecular weight excluding hydrogens is 432 g/mol. The molecule has 0 atom stereocenters. The molecule has 0 unspecified atom stereocenters. The predicted molar refractivity (Wildman–Crippen MR) is 132 cm³/mol. The zero-order chi connectivity index (χ0) is 24.1. The van der Waals surface area contributed by atoms with Crippen LogP contribution in [0.25, 0.3) is 22.3 Å². The fourth-order valence-electron chi connectivity index (χ4n) is 3.66. The van der Waals surface area contributed by atoms with E-state index in [9.17, 15) is 0 Å². The summed E-state index contributed by atoms with van der Waals surface area (Å²) in [5.41, 5.74) is 5.52. The summed E-state index contributed by atoms with van der Waals surface area (Å²) < 4.78 is 16.3. The molecule has 178 valence electrons. The number of rotatable bonds is 10. The van der Waals surface area contributed by atoms with E-state index < -0.39 is 0 Å². The molecule has 0 amide bonds. The van der Waals surface area contributed by atoms with Gasteiger partial charge in [-0.15, -0.1) is 0 Å². The number of hydrogen-bond acceptors (Lipinski definition) is 8. The maximum Gasteiger partial charge on any atom is 0.227 e. The molecule has 4 aromatic heterocycles. The normalized spacial score (nSPS) is 11.2. The number of anilines is 1. The number of aromatic amines is 1. The van der Waals surface area contributed by atoms with Gasteiger partial charge in [0.1, 0.15) is 18.0 Å². The molecule has 0 aliphatic rings. The number of pyridine rings is 2. The molecule has 0 aliphatic heterocycles. The summed E-state index contributed by atoms with van der Waals surface area (Å²) in [6, 6.07) is 6.30. The number of H-pyrrole nitrogens is 1. The quantitative estimate of drug-likeness (QED) is 0.338. The summed E-state index contributed by atoms with van der Waals surface area (Å²) in [5.74, 6) is 1.74. The van der Waals surface area contributed by atoms with Crippen molar-refractivity contribution >= 4 is 17.0 Å². The third kappa shape index (κ3) is 5.26. The minimum absolute atomic E-state index is 0.225. The van der Waals surface area contributed by atoms with Gasteiger partial charge in [-0.2, -0.15) is 4.98 Å². The average Bonchev–Trinajstić information content (AvgIpc) is 3.22. The summed E-state index contributed by atoms with van der Waals surface area (Å²) in [7, 11) is 3.25. The molecule has 0 bridgehead atoms. The van der Waals surface area contributed by atoms with Crippen LogP contribution in [0.2, 0.25) is 0 Å². The van der Waals surface area contributed by atoms with E-state index in [0.29, 0.717) is 31.5 Å². The first-order valence-corrected chi connectivity index (χ1v) is 11.2. The van der Waals surface area contributed by atoms with Crippen LogP contribution in [-0.2, 0) is 11.2 Å². The number of aryl methyl sites for hydroxylation is 1. The summed E-state index contributed by atoms with van der Waals surface area (Å²) in [6.07, 6.45) is 6.17. The van der Waals surface area contributed by atoms with E-state index in [-0.39, 0.29) is 6.04 Å². The van der Waals surface area contributed by atoms with Crippen molar-refractivity contribution in [2.75, 3.05) is 32.8 Å². The van der Waals surface area contributed by atoms with Crippen molar-refractivity contribution in [3.63, 3.8) is 0 Å². The Bertz CT molecular complexity index is 1270. The van der Waals surface area contributed by atoms with Gasteiger partial charge in [-0.05, 0) is 44.0 Å². The molecule has 2 N–H and O–H groups in total. The topological polar surface area (TPSA) is 107 Å². The summed E-state index contributed by atoms with van der Waals surface area (Å²) in [6.45, 7) is 7.09. The number of nitrogens with one attached hydrogen (secondary N) is 2. The molecule has 4 aromatic rings. The van der Waals surface area contributed by atoms with Crippen LogP contribution in [0.4, 0.5) is 5.95 Å². The van der Waals surface area contributed by atoms with Crippen molar-refractivity contribution in [1.82, 2.24) is 24.9 Å². The van der Waals surface area contributed by atoms with Gasteiger partial charge in [-0.25, -0.2) is 9.97 Å². The summed E-state index contributed by atoms with van der Waals surface area (Å²) >= 11 is 0. The number of aromatic nitrogens is 5. The van der Waals surface area contributed by atoms with Crippen LogP contribution >= 0.6 is 0 Å². The van der Waals surface area contributed by atoms with E-state index in [1.807, 2.05) is 39.1 Å². The van der Waals surface area contributed by atoms with Gasteiger partial charge in [0.2, 0.25) is 11.8 Å². The Kier molecular flexibility index (Phi) is 7.22. The molecule has 34 heavy (non-hydrogen) atoms. The smallest absolute Gasteiger partial charge is 0.227 e. The zero-order valence-corrected chi connectivity index (χ0v) is 20.2. The molecule has 0 aliphatic carbocycles. The van der Waals surface area contributed by atoms with Gasteiger partial charge in [0.25, 0.3) is 0 Å². The van der Waals surface area contributed by atoms with E-state index in [2.05, 4.69) is 31.3 Å². The molecule has 9 heteroatoms. The number of hydrogen-bond donors (Lipinski definition) is 2. The number of nitrogens with zero attached hydrogens (tertiary/aromatic N) is 4. The zero-order valence-electron chi connectivity index (χ0n) is 20.2. The lowest BCUT2D eigenvalue weighted by Gasteiger charge is -2.13. The third-order valence-electron chi connectivity index (χ3n) is 5.36. The van der Waals surface area contributed by atoms with Crippen molar-refractivity contribution in [1.29, 1.82) is 0 Å². The Hall–Kier alpha value is -3.72. The molecule has 4 rings (SSSR count). The van der Waals surface area contributed by atoms with E-state index in [4.69, 9.17) is 19.2 Å². The Morgan fingerprint density at radius 2 is 1.88 bits per heavy atom. The van der Waals surface area contributed by atoms with E-state index in [1.165, 1.54) is 0 Å². The van der Waals surface area contributed by atoms with E-state index >= 15 is 0 Å². The van der Waals surface area contributed by atoms with Crippen molar-refractivity contribution in [2.24, 2.45) is 0 Å². The van der Waals surface area contributed by atoms with Crippen LogP contribution in [0.1, 0.15) is 30.7 Å². The maximum atomic E-state index is 5.73. The number of methoxy groups -OCH3 is 2. The second-order valence-electron chi connectivity index (χ2n) is 8.26. The van der Waals surface area contributed by atoms with Crippen molar-refractivity contribution in [3.05, 3.63) is 53.6 Å². The molecule has 0 spiro atoms. The first kappa shape index (κ1) is 23.4. The van der Waals surface area contributed by atoms with Crippen LogP contribution in [0.15, 0.2) is 36.8 Å². The first-order valence-electron chi connectivity index (χ1n) is 11.2. The molecule has 0 saturated heterocycles. The van der Waals surface area contributed by atoms with Gasteiger partial charge in [0.05, 0.1) is 31.2 Å². The van der Waals surface area contributed by atoms with Crippen LogP contribution in [0.5, 0.6) is 11.6 Å². The van der Waals surface area contributed by atoms with Gasteiger partial charge in [-0.3, -0.25) is 4.98 Å². The number of fused-ring (bicyclic) bond motifs is 1. The largest absolute Gasteiger partial charge is 0.490 e. The fraction of sp³-hybridized carbons (Fsp3) is 0.360. The third-order valence-corrected chi connectivity index (χ3v) is 5.36. The lowest BCUT2D eigenvalue weighted by atomic mass is 10.0. The minimum Gasteiger partial charge on any atom is -0.490 e. The maximum absolute atomic E-state index is 5.73. The molecular formula is C25H30N6O3. The fourth-order valence-corrected chi connectivity index (χ4v) is 3.66. The summed E-state index contributed by atoms with van der Waals surface area (Å²) in [5, 5.41) is 4.22. The van der Waals surface area contributed by atoms with Crippen molar-refractivity contribution < 1.29 is 14.2 Å². The number of ether oxygens (including phenoxy) is 3. The van der Waals surface area contributed by atoms with E-state index in [1.54, 1.807) is 26.6 Å². The second-order valence-corrected chi connectivity index (χ2v) is 8.26. The second kappa shape index (κ2) is 10.5. The molecule has 0 saturated carbocycles. The van der Waals surface area contributed by atoms with Gasteiger partial charge in [0.15, 0.2) is 0 Å². The highest BCUT2D eigenvalue weighted by molar-refractivity contribution is 5.81. The van der Waals surface area contributed by atoms with E-state index in [0.717, 1.165) is 44.9 Å². The van der Waals surface area contributed by atoms with Crippen LogP contribution in [0.3, 0.4) is 0 Å². The van der Waals surface area contributed by atoms with Crippen molar-refractivity contribution in [3.8, 4) is 22.9 Å². The average molecular weight is 463 g/mol. The highest BCUT2D eigenvalue weighted by Crippen LogP contribution is 2.29. The van der Waals surface area contributed by atoms with Gasteiger partial charge in [0, 0.05) is 43.0 Å². The van der Waals surface area contributed by atoms with Crippen LogP contribution < -0.4 is 14.8 Å². The standard InChI is InChI=1S/C25H30N6O3/c1-15(2)29-25-28-14-21(24(31-25)33-5)22-7-6-17(16(3)30-22)10-18-12-26-23-20(18)11-19(13-27-23)34-9-8-32-4/h6-7,11-15H,8-10H2,1-5H3,(H,26,27)(H,28,29,31). The Morgan fingerprint density at radius 3 is 2.62 bits per heavy atom. The lowest BCUT2D eigenvalue weighted by molar-refractivity contribution is 0.146. The van der Waals surface area contributed by atoms with Crippen LogP contribution in [-0.4, -0.2) is 58.4 Å². The Labute approximate surface area is 198 Å². The SMILES string of the molecule is COCCOc1cnc2[nH]cc(Cc3ccc(-c4cnc(NC(C)C)nc4OC)nc3C)c2c1. The highest BCUT2D eigenvalue weighted by Gasteiger charge is 2.15. The van der Waals surface area contributed by atoms with Crippen LogP contribution in [0, 0.1) is 6.92 Å². The first-order chi connectivity index (χ1) is 16.5. The Morgan fingerprint density at radius 1 is 1.03 bits per heavy atom. The molecule has 0 fully saturated rings. The summed E-state index contributed by atoms with van der Waals surface area (Å²) in [4.78, 5) is 21.4. The minimum atomic E-state index is 0.225. The molecule has 4 heterocycles. The monoisotopic (exact) mass is 462 g/mol. The lowest BCUT2D eigenvalue weighted by Crippen LogP contribution is -2.13. The van der Waals surface area contributed by atoms with Gasteiger partial charge in [-0.1, -0.05) is 6.07 Å². The van der Waals surface area contributed by atoms with Crippen molar-refractivity contribution in [2.45, 2.75) is 33.2 Å². The Balaban J connectivity index is 1.57. The predicted octanol–water partition coefficient (Wildman–Crippen LogP) is 4.17. The molecule has 9 nitrogen and oxygen atoms in total. The highest BCUT2D eigenvalue weighted by atomic mass is 16.5. The molecule has 0 aromatic carbocycles. The molecule has 0 radical (unpaired) electrons. The van der Waals surface area contributed by atoms with Gasteiger partial charge < -0.3 is 24.5 Å². The van der Waals surface area contributed by atoms with Gasteiger partial charge >= 0.3 is 0 Å².